The summed E-state index contributed by atoms with van der Waals surface area (Å²) in [5, 5.41) is -0.162. The van der Waals surface area contributed by atoms with Crippen molar-refractivity contribution >= 4 is 9.84 Å². The van der Waals surface area contributed by atoms with Crippen molar-refractivity contribution in [3.05, 3.63) is 34.9 Å². The second-order valence-electron chi connectivity index (χ2n) is 5.69. The fourth-order valence-corrected chi connectivity index (χ4v) is 4.74. The molecule has 0 aromatic heterocycles. The van der Waals surface area contributed by atoms with E-state index >= 15 is 0 Å². The Morgan fingerprint density at radius 2 is 1.84 bits per heavy atom. The zero-order valence-electron chi connectivity index (χ0n) is 11.7. The van der Waals surface area contributed by atoms with Crippen LogP contribution in [0.15, 0.2) is 18.2 Å². The molecule has 1 fully saturated rings. The molecule has 0 aliphatic heterocycles. The minimum Gasteiger partial charge on any atom is -0.323 e. The Labute approximate surface area is 116 Å². The van der Waals surface area contributed by atoms with E-state index in [0.29, 0.717) is 0 Å². The van der Waals surface area contributed by atoms with Crippen molar-refractivity contribution in [2.75, 3.05) is 5.75 Å². The minimum absolute atomic E-state index is 0.0696. The normalized spacial score (nSPS) is 18.7. The summed E-state index contributed by atoms with van der Waals surface area (Å²) in [6.45, 7) is 4.07. The van der Waals surface area contributed by atoms with Gasteiger partial charge in [-0.25, -0.2) is 8.42 Å². The Kier molecular flexibility index (Phi) is 4.31. The highest BCUT2D eigenvalue weighted by molar-refractivity contribution is 7.92. The van der Waals surface area contributed by atoms with Crippen LogP contribution in [0.3, 0.4) is 0 Å². The molecule has 1 aromatic rings. The average molecular weight is 281 g/mol. The van der Waals surface area contributed by atoms with E-state index in [-0.39, 0.29) is 11.0 Å². The maximum atomic E-state index is 12.3. The molecule has 1 saturated carbocycles. The van der Waals surface area contributed by atoms with Gasteiger partial charge in [0, 0.05) is 6.04 Å². The van der Waals surface area contributed by atoms with Crippen molar-refractivity contribution in [3.63, 3.8) is 0 Å². The van der Waals surface area contributed by atoms with Crippen LogP contribution in [0.5, 0.6) is 0 Å². The highest BCUT2D eigenvalue weighted by Crippen LogP contribution is 2.27. The summed E-state index contributed by atoms with van der Waals surface area (Å²) in [4.78, 5) is 0. The highest BCUT2D eigenvalue weighted by Gasteiger charge is 2.30. The molecule has 0 saturated heterocycles. The Balaban J connectivity index is 2.11. The predicted molar refractivity (Wildman–Crippen MR) is 78.9 cm³/mol. The van der Waals surface area contributed by atoms with Crippen LogP contribution in [0.2, 0.25) is 0 Å². The molecule has 1 aliphatic rings. The van der Waals surface area contributed by atoms with Gasteiger partial charge >= 0.3 is 0 Å². The molecular weight excluding hydrogens is 258 g/mol. The molecule has 4 heteroatoms. The molecule has 19 heavy (non-hydrogen) atoms. The van der Waals surface area contributed by atoms with Crippen molar-refractivity contribution in [1.29, 1.82) is 0 Å². The second kappa shape index (κ2) is 5.63. The molecule has 1 unspecified atom stereocenters. The lowest BCUT2D eigenvalue weighted by atomic mass is 10.0. The van der Waals surface area contributed by atoms with Gasteiger partial charge in [0.2, 0.25) is 0 Å². The molecule has 2 N–H and O–H groups in total. The summed E-state index contributed by atoms with van der Waals surface area (Å²) >= 11 is 0. The van der Waals surface area contributed by atoms with Gasteiger partial charge in [-0.15, -0.1) is 0 Å². The average Bonchev–Trinajstić information content (AvgIpc) is 2.86. The third-order valence-electron chi connectivity index (χ3n) is 4.18. The fourth-order valence-electron chi connectivity index (χ4n) is 2.73. The molecule has 1 aliphatic carbocycles. The second-order valence-corrected chi connectivity index (χ2v) is 8.01. The summed E-state index contributed by atoms with van der Waals surface area (Å²) in [7, 11) is -3.06. The van der Waals surface area contributed by atoms with E-state index in [4.69, 9.17) is 5.73 Å². The Morgan fingerprint density at radius 1 is 1.21 bits per heavy atom. The van der Waals surface area contributed by atoms with E-state index < -0.39 is 15.9 Å². The van der Waals surface area contributed by atoms with Crippen molar-refractivity contribution < 1.29 is 8.42 Å². The van der Waals surface area contributed by atoms with E-state index in [9.17, 15) is 8.42 Å². The van der Waals surface area contributed by atoms with Crippen LogP contribution in [-0.4, -0.2) is 19.4 Å². The van der Waals surface area contributed by atoms with Crippen LogP contribution in [0.4, 0.5) is 0 Å². The number of aryl methyl sites for hydroxylation is 2. The standard InChI is InChI=1S/C15H23NO2S/c1-11-7-8-13(9-12(11)2)15(16)10-19(17,18)14-5-3-4-6-14/h7-9,14-15H,3-6,10,16H2,1-2H3. The SMILES string of the molecule is Cc1ccc(C(N)CS(=O)(=O)C2CCCC2)cc1C. The van der Waals surface area contributed by atoms with Gasteiger partial charge in [-0.3, -0.25) is 0 Å². The quantitative estimate of drug-likeness (QED) is 0.923. The highest BCUT2D eigenvalue weighted by atomic mass is 32.2. The number of nitrogens with two attached hydrogens (primary N) is 1. The molecule has 106 valence electrons. The Bertz CT molecular complexity index is 545. The fraction of sp³-hybridized carbons (Fsp3) is 0.600. The van der Waals surface area contributed by atoms with Crippen LogP contribution < -0.4 is 5.73 Å². The van der Waals surface area contributed by atoms with Gasteiger partial charge in [0.15, 0.2) is 9.84 Å². The minimum atomic E-state index is -3.06. The predicted octanol–water partition coefficient (Wildman–Crippen LogP) is 2.66. The lowest BCUT2D eigenvalue weighted by Crippen LogP contribution is -2.28. The maximum absolute atomic E-state index is 12.3. The topological polar surface area (TPSA) is 60.2 Å². The van der Waals surface area contributed by atoms with Crippen LogP contribution in [0, 0.1) is 13.8 Å². The number of rotatable bonds is 4. The molecule has 0 heterocycles. The van der Waals surface area contributed by atoms with Gasteiger partial charge in [0.1, 0.15) is 0 Å². The molecule has 0 radical (unpaired) electrons. The summed E-state index contributed by atoms with van der Waals surface area (Å²) < 4.78 is 24.6. The number of benzene rings is 1. The van der Waals surface area contributed by atoms with Crippen molar-refractivity contribution in [3.8, 4) is 0 Å². The Morgan fingerprint density at radius 3 is 2.42 bits per heavy atom. The molecule has 0 amide bonds. The third-order valence-corrected chi connectivity index (χ3v) is 6.49. The maximum Gasteiger partial charge on any atom is 0.155 e. The van der Waals surface area contributed by atoms with E-state index in [0.717, 1.165) is 36.8 Å². The number of sulfone groups is 1. The first-order valence-electron chi connectivity index (χ1n) is 6.94. The summed E-state index contributed by atoms with van der Waals surface area (Å²) in [5.41, 5.74) is 9.37. The van der Waals surface area contributed by atoms with E-state index in [1.807, 2.05) is 32.0 Å². The van der Waals surface area contributed by atoms with Gasteiger partial charge in [-0.2, -0.15) is 0 Å². The van der Waals surface area contributed by atoms with Gasteiger partial charge < -0.3 is 5.73 Å². The monoisotopic (exact) mass is 281 g/mol. The van der Waals surface area contributed by atoms with Crippen LogP contribution in [-0.2, 0) is 9.84 Å². The zero-order valence-corrected chi connectivity index (χ0v) is 12.5. The largest absolute Gasteiger partial charge is 0.323 e. The summed E-state index contributed by atoms with van der Waals surface area (Å²) in [6.07, 6.45) is 3.68. The van der Waals surface area contributed by atoms with Gasteiger partial charge in [-0.05, 0) is 43.4 Å². The number of hydrogen-bond acceptors (Lipinski definition) is 3. The van der Waals surface area contributed by atoms with Crippen LogP contribution in [0.1, 0.15) is 48.4 Å². The van der Waals surface area contributed by atoms with Crippen molar-refractivity contribution in [1.82, 2.24) is 0 Å². The summed E-state index contributed by atoms with van der Waals surface area (Å²) in [5.74, 6) is 0.0696. The summed E-state index contributed by atoms with van der Waals surface area (Å²) in [6, 6.07) is 5.54. The lowest BCUT2D eigenvalue weighted by Gasteiger charge is -2.17. The lowest BCUT2D eigenvalue weighted by molar-refractivity contribution is 0.572. The Hall–Kier alpha value is -0.870. The van der Waals surface area contributed by atoms with E-state index in [1.54, 1.807) is 0 Å². The van der Waals surface area contributed by atoms with Gasteiger partial charge in [0.25, 0.3) is 0 Å². The smallest absolute Gasteiger partial charge is 0.155 e. The van der Waals surface area contributed by atoms with E-state index in [2.05, 4.69) is 0 Å². The third kappa shape index (κ3) is 3.37. The van der Waals surface area contributed by atoms with Gasteiger partial charge in [0.05, 0.1) is 11.0 Å². The van der Waals surface area contributed by atoms with Crippen molar-refractivity contribution in [2.45, 2.75) is 50.8 Å². The van der Waals surface area contributed by atoms with Crippen molar-refractivity contribution in [2.24, 2.45) is 5.73 Å². The van der Waals surface area contributed by atoms with Crippen LogP contribution in [0.25, 0.3) is 0 Å². The van der Waals surface area contributed by atoms with E-state index in [1.165, 1.54) is 5.56 Å². The number of hydrogen-bond donors (Lipinski definition) is 1. The molecular formula is C15H23NO2S. The molecule has 0 bridgehead atoms. The first-order valence-corrected chi connectivity index (χ1v) is 8.66. The first-order chi connectivity index (χ1) is 8.90. The molecule has 2 rings (SSSR count). The molecule has 1 atom stereocenters. The van der Waals surface area contributed by atoms with Gasteiger partial charge in [-0.1, -0.05) is 31.0 Å². The zero-order chi connectivity index (χ0) is 14.0. The van der Waals surface area contributed by atoms with Crippen LogP contribution >= 0.6 is 0 Å². The first kappa shape index (κ1) is 14.5. The molecule has 3 nitrogen and oxygen atoms in total. The molecule has 0 spiro atoms. The molecule has 1 aromatic carbocycles.